The Kier molecular flexibility index (Phi) is 4.55. The maximum absolute atomic E-state index is 5.95. The molecule has 0 spiro atoms. The first-order chi connectivity index (χ1) is 8.78. The smallest absolute Gasteiger partial charge is 0.212 e. The summed E-state index contributed by atoms with van der Waals surface area (Å²) >= 11 is 0. The predicted molar refractivity (Wildman–Crippen MR) is 72.6 cm³/mol. The molecule has 1 saturated carbocycles. The lowest BCUT2D eigenvalue weighted by atomic mass is 10.1. The number of nitrogens with two attached hydrogens (primary N) is 1. The van der Waals surface area contributed by atoms with Crippen molar-refractivity contribution in [1.29, 1.82) is 0 Å². The topological polar surface area (TPSA) is 51.4 Å². The molecule has 0 amide bonds. The van der Waals surface area contributed by atoms with Crippen molar-refractivity contribution in [2.45, 2.75) is 25.8 Å². The van der Waals surface area contributed by atoms with Crippen LogP contribution in [0.3, 0.4) is 0 Å². The number of nitrogens with zero attached hydrogens (tertiary/aromatic N) is 2. The van der Waals surface area contributed by atoms with Gasteiger partial charge in [0.15, 0.2) is 0 Å². The monoisotopic (exact) mass is 249 g/mol. The average Bonchev–Trinajstić information content (AvgIpc) is 3.23. The highest BCUT2D eigenvalue weighted by Gasteiger charge is 2.27. The molecule has 4 nitrogen and oxygen atoms in total. The molecule has 0 radical (unpaired) electrons. The Labute approximate surface area is 109 Å². The second kappa shape index (κ2) is 6.16. The first-order valence-corrected chi connectivity index (χ1v) is 6.72. The van der Waals surface area contributed by atoms with E-state index in [1.54, 1.807) is 7.11 Å². The molecular formula is C14H23N3O. The zero-order chi connectivity index (χ0) is 13.0. The first-order valence-electron chi connectivity index (χ1n) is 6.72. The number of methoxy groups -OCH3 is 1. The van der Waals surface area contributed by atoms with E-state index >= 15 is 0 Å². The third-order valence-corrected chi connectivity index (χ3v) is 3.61. The molecule has 4 heteroatoms. The van der Waals surface area contributed by atoms with Crippen LogP contribution in [-0.4, -0.2) is 36.6 Å². The number of aromatic nitrogens is 1. The van der Waals surface area contributed by atoms with Crippen LogP contribution in [0, 0.1) is 5.92 Å². The highest BCUT2D eigenvalue weighted by Crippen LogP contribution is 2.32. The Morgan fingerprint density at radius 2 is 2.28 bits per heavy atom. The van der Waals surface area contributed by atoms with Crippen LogP contribution >= 0.6 is 0 Å². The molecule has 100 valence electrons. The van der Waals surface area contributed by atoms with Crippen molar-refractivity contribution in [3.63, 3.8) is 0 Å². The average molecular weight is 249 g/mol. The van der Waals surface area contributed by atoms with Crippen molar-refractivity contribution in [1.82, 2.24) is 9.88 Å². The second-order valence-corrected chi connectivity index (χ2v) is 4.92. The van der Waals surface area contributed by atoms with Gasteiger partial charge in [-0.15, -0.1) is 0 Å². The van der Waals surface area contributed by atoms with E-state index in [4.69, 9.17) is 10.5 Å². The van der Waals surface area contributed by atoms with Crippen LogP contribution in [0.4, 0.5) is 0 Å². The maximum Gasteiger partial charge on any atom is 0.212 e. The summed E-state index contributed by atoms with van der Waals surface area (Å²) in [6.07, 6.45) is 4.62. The summed E-state index contributed by atoms with van der Waals surface area (Å²) in [5.74, 6) is 1.53. The van der Waals surface area contributed by atoms with Gasteiger partial charge in [0.05, 0.1) is 7.11 Å². The molecule has 2 rings (SSSR count). The molecule has 1 heterocycles. The minimum Gasteiger partial charge on any atom is -0.481 e. The molecule has 0 aromatic carbocycles. The van der Waals surface area contributed by atoms with Crippen molar-refractivity contribution >= 4 is 0 Å². The number of rotatable bonds is 7. The zero-order valence-corrected chi connectivity index (χ0v) is 11.3. The molecule has 0 aliphatic heterocycles. The van der Waals surface area contributed by atoms with Crippen LogP contribution in [0.1, 0.15) is 31.4 Å². The molecule has 1 aromatic rings. The minimum absolute atomic E-state index is 0.272. The number of hydrogen-bond acceptors (Lipinski definition) is 4. The largest absolute Gasteiger partial charge is 0.481 e. The van der Waals surface area contributed by atoms with Crippen LogP contribution < -0.4 is 10.5 Å². The summed E-state index contributed by atoms with van der Waals surface area (Å²) in [6, 6.07) is 4.25. The molecule has 1 aliphatic rings. The van der Waals surface area contributed by atoms with Gasteiger partial charge in [0.25, 0.3) is 0 Å². The van der Waals surface area contributed by atoms with E-state index in [2.05, 4.69) is 22.9 Å². The SMILES string of the molecule is CCN(CC1CC1)C(CN)c1ccc(OC)nc1. The highest BCUT2D eigenvalue weighted by atomic mass is 16.5. The van der Waals surface area contributed by atoms with E-state index in [-0.39, 0.29) is 6.04 Å². The highest BCUT2D eigenvalue weighted by molar-refractivity contribution is 5.21. The standard InChI is InChI=1S/C14H23N3O/c1-3-17(10-11-4-5-11)13(8-15)12-6-7-14(18-2)16-9-12/h6-7,9,11,13H,3-5,8,10,15H2,1-2H3. The van der Waals surface area contributed by atoms with Gasteiger partial charge in [-0.05, 0) is 30.9 Å². The lowest BCUT2D eigenvalue weighted by molar-refractivity contribution is 0.203. The van der Waals surface area contributed by atoms with Crippen LogP contribution in [0.2, 0.25) is 0 Å². The second-order valence-electron chi connectivity index (χ2n) is 4.92. The van der Waals surface area contributed by atoms with E-state index in [1.165, 1.54) is 18.4 Å². The third kappa shape index (κ3) is 3.21. The van der Waals surface area contributed by atoms with Gasteiger partial charge in [-0.3, -0.25) is 4.90 Å². The van der Waals surface area contributed by atoms with Crippen molar-refractivity contribution in [3.8, 4) is 5.88 Å². The predicted octanol–water partition coefficient (Wildman–Crippen LogP) is 1.82. The van der Waals surface area contributed by atoms with Gasteiger partial charge >= 0.3 is 0 Å². The summed E-state index contributed by atoms with van der Waals surface area (Å²) in [5.41, 5.74) is 7.13. The van der Waals surface area contributed by atoms with Crippen LogP contribution in [-0.2, 0) is 0 Å². The van der Waals surface area contributed by atoms with E-state index < -0.39 is 0 Å². The Hall–Kier alpha value is -1.13. The number of pyridine rings is 1. The number of ether oxygens (including phenoxy) is 1. The van der Waals surface area contributed by atoms with Gasteiger partial charge in [-0.2, -0.15) is 0 Å². The van der Waals surface area contributed by atoms with E-state index in [1.807, 2.05) is 12.3 Å². The van der Waals surface area contributed by atoms with E-state index in [0.29, 0.717) is 12.4 Å². The van der Waals surface area contributed by atoms with Crippen molar-refractivity contribution in [2.24, 2.45) is 11.7 Å². The minimum atomic E-state index is 0.272. The third-order valence-electron chi connectivity index (χ3n) is 3.61. The van der Waals surface area contributed by atoms with Crippen molar-refractivity contribution in [3.05, 3.63) is 23.9 Å². The lowest BCUT2D eigenvalue weighted by Gasteiger charge is -2.30. The maximum atomic E-state index is 5.95. The van der Waals surface area contributed by atoms with Gasteiger partial charge in [0.2, 0.25) is 5.88 Å². The normalized spacial score (nSPS) is 16.9. The fourth-order valence-corrected chi connectivity index (χ4v) is 2.31. The lowest BCUT2D eigenvalue weighted by Crippen LogP contribution is -2.35. The molecular weight excluding hydrogens is 226 g/mol. The number of likely N-dealkylation sites (N-methyl/N-ethyl adjacent to an activating group) is 1. The Morgan fingerprint density at radius 1 is 1.50 bits per heavy atom. The summed E-state index contributed by atoms with van der Waals surface area (Å²) in [5, 5.41) is 0. The zero-order valence-electron chi connectivity index (χ0n) is 11.3. The molecule has 1 fully saturated rings. The van der Waals surface area contributed by atoms with Gasteiger partial charge in [0, 0.05) is 31.4 Å². The van der Waals surface area contributed by atoms with Crippen molar-refractivity contribution in [2.75, 3.05) is 26.7 Å². The molecule has 1 aromatic heterocycles. The van der Waals surface area contributed by atoms with Crippen molar-refractivity contribution < 1.29 is 4.74 Å². The fraction of sp³-hybridized carbons (Fsp3) is 0.643. The molecule has 2 N–H and O–H groups in total. The van der Waals surface area contributed by atoms with Gasteiger partial charge in [0.1, 0.15) is 0 Å². The molecule has 1 aliphatic carbocycles. The van der Waals surface area contributed by atoms with Gasteiger partial charge < -0.3 is 10.5 Å². The first kappa shape index (κ1) is 13.3. The molecule has 0 saturated heterocycles. The number of hydrogen-bond donors (Lipinski definition) is 1. The summed E-state index contributed by atoms with van der Waals surface area (Å²) < 4.78 is 5.09. The molecule has 18 heavy (non-hydrogen) atoms. The quantitative estimate of drug-likeness (QED) is 0.801. The fourth-order valence-electron chi connectivity index (χ4n) is 2.31. The van der Waals surface area contributed by atoms with Crippen LogP contribution in [0.5, 0.6) is 5.88 Å². The molecule has 1 unspecified atom stereocenters. The molecule has 0 bridgehead atoms. The van der Waals surface area contributed by atoms with Crippen LogP contribution in [0.25, 0.3) is 0 Å². The molecule has 1 atom stereocenters. The summed E-state index contributed by atoms with van der Waals surface area (Å²) in [7, 11) is 1.63. The van der Waals surface area contributed by atoms with E-state index in [9.17, 15) is 0 Å². The Bertz CT molecular complexity index is 362. The van der Waals surface area contributed by atoms with Crippen LogP contribution in [0.15, 0.2) is 18.3 Å². The Balaban J connectivity index is 2.08. The summed E-state index contributed by atoms with van der Waals surface area (Å²) in [4.78, 5) is 6.73. The Morgan fingerprint density at radius 3 is 2.72 bits per heavy atom. The summed E-state index contributed by atoms with van der Waals surface area (Å²) in [6.45, 7) is 5.02. The van der Waals surface area contributed by atoms with Gasteiger partial charge in [-0.1, -0.05) is 13.0 Å². The van der Waals surface area contributed by atoms with E-state index in [0.717, 1.165) is 19.0 Å². The van der Waals surface area contributed by atoms with Gasteiger partial charge in [-0.25, -0.2) is 4.98 Å².